The maximum atomic E-state index is 12.5. The molecule has 29 heavy (non-hydrogen) atoms. The number of benzene rings is 2. The van der Waals surface area contributed by atoms with Crippen LogP contribution in [-0.4, -0.2) is 40.5 Å². The Bertz CT molecular complexity index is 1140. The van der Waals surface area contributed by atoms with Crippen molar-refractivity contribution in [1.82, 2.24) is 15.0 Å². The normalized spacial score (nSPS) is 16.2. The largest absolute Gasteiger partial charge is 0.495 e. The van der Waals surface area contributed by atoms with Gasteiger partial charge in [-0.3, -0.25) is 14.4 Å². The van der Waals surface area contributed by atoms with Gasteiger partial charge in [-0.25, -0.2) is 0 Å². The molecule has 0 bridgehead atoms. The van der Waals surface area contributed by atoms with E-state index in [4.69, 9.17) is 9.47 Å². The number of fused-ring (bicyclic) bond motifs is 1. The summed E-state index contributed by atoms with van der Waals surface area (Å²) in [6.07, 6.45) is 0.0230. The van der Waals surface area contributed by atoms with E-state index in [0.29, 0.717) is 22.3 Å². The second kappa shape index (κ2) is 7.70. The second-order valence-corrected chi connectivity index (χ2v) is 6.58. The van der Waals surface area contributed by atoms with E-state index in [0.717, 1.165) is 4.68 Å². The number of para-hydroxylation sites is 2. The van der Waals surface area contributed by atoms with Gasteiger partial charge in [0, 0.05) is 13.0 Å². The first kappa shape index (κ1) is 18.6. The number of nitrogens with zero attached hydrogens (tertiary/aromatic N) is 4. The number of carbonyl (C=O) groups is 2. The zero-order valence-electron chi connectivity index (χ0n) is 15.6. The highest BCUT2D eigenvalue weighted by molar-refractivity contribution is 6.00. The van der Waals surface area contributed by atoms with E-state index in [1.807, 2.05) is 0 Å². The monoisotopic (exact) mass is 394 g/mol. The van der Waals surface area contributed by atoms with Crippen LogP contribution in [0.15, 0.2) is 53.3 Å². The molecule has 3 aromatic rings. The minimum atomic E-state index is -0.642. The van der Waals surface area contributed by atoms with Crippen LogP contribution < -0.4 is 15.2 Å². The first-order valence-corrected chi connectivity index (χ1v) is 9.01. The summed E-state index contributed by atoms with van der Waals surface area (Å²) >= 11 is 0. The molecule has 0 saturated carbocycles. The summed E-state index contributed by atoms with van der Waals surface area (Å²) < 4.78 is 11.5. The first-order chi connectivity index (χ1) is 14.1. The molecule has 9 heteroatoms. The van der Waals surface area contributed by atoms with E-state index in [1.54, 1.807) is 48.5 Å². The Balaban J connectivity index is 1.45. The Morgan fingerprint density at radius 3 is 2.72 bits per heavy atom. The average molecular weight is 394 g/mol. The predicted molar refractivity (Wildman–Crippen MR) is 103 cm³/mol. The van der Waals surface area contributed by atoms with Gasteiger partial charge in [0.25, 0.3) is 5.56 Å². The lowest BCUT2D eigenvalue weighted by atomic mass is 10.1. The number of ether oxygens (including phenoxy) is 2. The molecule has 1 unspecified atom stereocenters. The van der Waals surface area contributed by atoms with Crippen LogP contribution in [-0.2, 0) is 21.1 Å². The van der Waals surface area contributed by atoms with Gasteiger partial charge in [-0.05, 0) is 24.3 Å². The van der Waals surface area contributed by atoms with Crippen LogP contribution in [0.25, 0.3) is 10.9 Å². The molecule has 1 saturated heterocycles. The maximum Gasteiger partial charge on any atom is 0.313 e. The van der Waals surface area contributed by atoms with Crippen molar-refractivity contribution in [1.29, 1.82) is 0 Å². The van der Waals surface area contributed by atoms with Crippen LogP contribution in [0.2, 0.25) is 0 Å². The summed E-state index contributed by atoms with van der Waals surface area (Å²) in [5, 5.41) is 8.12. The van der Waals surface area contributed by atoms with Gasteiger partial charge >= 0.3 is 5.97 Å². The number of rotatable bonds is 5. The Morgan fingerprint density at radius 1 is 1.14 bits per heavy atom. The summed E-state index contributed by atoms with van der Waals surface area (Å²) in [4.78, 5) is 38.8. The Morgan fingerprint density at radius 2 is 1.90 bits per heavy atom. The lowest BCUT2D eigenvalue weighted by Gasteiger charge is -2.19. The van der Waals surface area contributed by atoms with E-state index in [-0.39, 0.29) is 25.6 Å². The van der Waals surface area contributed by atoms with E-state index < -0.39 is 17.4 Å². The van der Waals surface area contributed by atoms with Crippen LogP contribution >= 0.6 is 0 Å². The van der Waals surface area contributed by atoms with Crippen LogP contribution in [0.4, 0.5) is 5.69 Å². The molecule has 0 N–H and O–H groups in total. The predicted octanol–water partition coefficient (Wildman–Crippen LogP) is 1.35. The molecule has 1 amide bonds. The molecule has 148 valence electrons. The van der Waals surface area contributed by atoms with Crippen LogP contribution in [0.3, 0.4) is 0 Å². The molecule has 9 nitrogen and oxygen atoms in total. The van der Waals surface area contributed by atoms with Gasteiger partial charge in [0.05, 0.1) is 24.1 Å². The Labute approximate surface area is 165 Å². The summed E-state index contributed by atoms with van der Waals surface area (Å²) in [6.45, 7) is -0.189. The molecule has 4 rings (SSSR count). The van der Waals surface area contributed by atoms with Crippen LogP contribution in [0.1, 0.15) is 6.42 Å². The van der Waals surface area contributed by atoms with Crippen molar-refractivity contribution < 1.29 is 19.1 Å². The summed E-state index contributed by atoms with van der Waals surface area (Å²) in [5.41, 5.74) is 0.669. The topological polar surface area (TPSA) is 104 Å². The van der Waals surface area contributed by atoms with E-state index in [2.05, 4.69) is 10.3 Å². The highest BCUT2D eigenvalue weighted by atomic mass is 16.5. The lowest BCUT2D eigenvalue weighted by molar-refractivity contribution is -0.152. The van der Waals surface area contributed by atoms with Gasteiger partial charge in [-0.2, -0.15) is 4.68 Å². The van der Waals surface area contributed by atoms with Crippen molar-refractivity contribution in [3.8, 4) is 5.75 Å². The summed E-state index contributed by atoms with van der Waals surface area (Å²) in [5.74, 6) is -0.860. The van der Waals surface area contributed by atoms with Gasteiger partial charge < -0.3 is 14.4 Å². The number of amides is 1. The molecule has 2 heterocycles. The van der Waals surface area contributed by atoms with Gasteiger partial charge in [0.1, 0.15) is 11.3 Å². The number of hydrogen-bond acceptors (Lipinski definition) is 7. The third-order valence-corrected chi connectivity index (χ3v) is 4.79. The summed E-state index contributed by atoms with van der Waals surface area (Å²) in [7, 11) is 1.52. The number of anilines is 1. The van der Waals surface area contributed by atoms with Crippen LogP contribution in [0.5, 0.6) is 5.75 Å². The minimum absolute atomic E-state index is 0.0230. The third kappa shape index (κ3) is 3.54. The number of aromatic nitrogens is 3. The van der Waals surface area contributed by atoms with E-state index in [9.17, 15) is 14.4 Å². The van der Waals surface area contributed by atoms with E-state index in [1.165, 1.54) is 12.0 Å². The molecular formula is C20H18N4O5. The third-order valence-electron chi connectivity index (χ3n) is 4.79. The summed E-state index contributed by atoms with van der Waals surface area (Å²) in [6, 6.07) is 13.9. The van der Waals surface area contributed by atoms with Gasteiger partial charge in [0.15, 0.2) is 6.73 Å². The van der Waals surface area contributed by atoms with Gasteiger partial charge in [0.2, 0.25) is 5.91 Å². The average Bonchev–Trinajstić information content (AvgIpc) is 3.14. The quantitative estimate of drug-likeness (QED) is 0.602. The molecule has 0 spiro atoms. The van der Waals surface area contributed by atoms with Crippen molar-refractivity contribution in [2.45, 2.75) is 13.2 Å². The Hall–Kier alpha value is -3.75. The molecule has 1 atom stereocenters. The maximum absolute atomic E-state index is 12.5. The lowest BCUT2D eigenvalue weighted by Crippen LogP contribution is -2.29. The van der Waals surface area contributed by atoms with Crippen molar-refractivity contribution >= 4 is 28.5 Å². The second-order valence-electron chi connectivity index (χ2n) is 6.58. The highest BCUT2D eigenvalue weighted by Crippen LogP contribution is 2.33. The van der Waals surface area contributed by atoms with Gasteiger partial charge in [-0.1, -0.05) is 29.5 Å². The minimum Gasteiger partial charge on any atom is -0.495 e. The zero-order valence-corrected chi connectivity index (χ0v) is 15.6. The molecule has 2 aromatic carbocycles. The molecular weight excluding hydrogens is 376 g/mol. The van der Waals surface area contributed by atoms with Crippen molar-refractivity contribution in [3.05, 3.63) is 58.9 Å². The molecule has 1 fully saturated rings. The fourth-order valence-electron chi connectivity index (χ4n) is 3.30. The fourth-order valence-corrected chi connectivity index (χ4v) is 3.30. The number of esters is 1. The van der Waals surface area contributed by atoms with Crippen molar-refractivity contribution in [3.63, 3.8) is 0 Å². The molecule has 0 aliphatic carbocycles. The molecule has 1 aliphatic heterocycles. The van der Waals surface area contributed by atoms with Crippen molar-refractivity contribution in [2.24, 2.45) is 5.92 Å². The Kier molecular flexibility index (Phi) is 4.94. The molecule has 0 radical (unpaired) electrons. The SMILES string of the molecule is COc1ccccc1N1CC(C(=O)OCn2nnc3ccccc3c2=O)CC1=O. The van der Waals surface area contributed by atoms with E-state index >= 15 is 0 Å². The molecule has 1 aliphatic rings. The van der Waals surface area contributed by atoms with Gasteiger partial charge in [-0.15, -0.1) is 5.10 Å². The van der Waals surface area contributed by atoms with Crippen molar-refractivity contribution in [2.75, 3.05) is 18.6 Å². The fraction of sp³-hybridized carbons (Fsp3) is 0.250. The smallest absolute Gasteiger partial charge is 0.313 e. The highest BCUT2D eigenvalue weighted by Gasteiger charge is 2.37. The number of carbonyl (C=O) groups excluding carboxylic acids is 2. The zero-order chi connectivity index (χ0) is 20.4. The standard InChI is InChI=1S/C20H18N4O5/c1-28-17-9-5-4-8-16(17)23-11-13(10-18(23)25)20(27)29-12-24-19(26)14-6-2-3-7-15(14)21-22-24/h2-9,13H,10-12H2,1H3. The number of hydrogen-bond donors (Lipinski definition) is 0. The molecule has 1 aromatic heterocycles. The van der Waals surface area contributed by atoms with Crippen LogP contribution in [0, 0.1) is 5.92 Å². The first-order valence-electron chi connectivity index (χ1n) is 9.01. The number of methoxy groups -OCH3 is 1.